The molecule has 0 aromatic heterocycles. The summed E-state index contributed by atoms with van der Waals surface area (Å²) in [5.74, 6) is 0.729. The summed E-state index contributed by atoms with van der Waals surface area (Å²) in [5, 5.41) is 4.96. The number of fused-ring (bicyclic) bond motifs is 2. The predicted molar refractivity (Wildman–Crippen MR) is 90.5 cm³/mol. The van der Waals surface area contributed by atoms with E-state index in [9.17, 15) is 0 Å². The highest BCUT2D eigenvalue weighted by Gasteiger charge is 2.30. The Morgan fingerprint density at radius 3 is 2.76 bits per heavy atom. The summed E-state index contributed by atoms with van der Waals surface area (Å²) >= 11 is 0. The lowest BCUT2D eigenvalue weighted by molar-refractivity contribution is 0.442. The summed E-state index contributed by atoms with van der Waals surface area (Å²) in [5.41, 5.74) is 5.64. The third-order valence-electron chi connectivity index (χ3n) is 5.05. The van der Waals surface area contributed by atoms with Crippen molar-refractivity contribution in [2.75, 3.05) is 0 Å². The minimum Gasteiger partial charge on any atom is -0.252 e. The van der Waals surface area contributed by atoms with Crippen molar-refractivity contribution in [1.82, 2.24) is 5.32 Å². The molecule has 1 aliphatic carbocycles. The fourth-order valence-corrected chi connectivity index (χ4v) is 3.88. The number of hydrogen-bond acceptors (Lipinski definition) is 0. The molecule has 21 heavy (non-hydrogen) atoms. The number of unbranched alkanes of at least 4 members (excludes halogenated alkanes) is 5. The standard InChI is InChI=1S/C20H28N/c1-2-3-4-5-6-7-11-16-12-10-14-18-17-13-8-9-15-19(17)21-20(16)18/h8-9,13,15-16H,2-7,10-12,14H2,1H3. The molecule has 0 amide bonds. The van der Waals surface area contributed by atoms with Gasteiger partial charge >= 0.3 is 0 Å². The van der Waals surface area contributed by atoms with Crippen molar-refractivity contribution in [3.8, 4) is 0 Å². The van der Waals surface area contributed by atoms with E-state index in [1.807, 2.05) is 0 Å². The van der Waals surface area contributed by atoms with E-state index in [2.05, 4.69) is 31.2 Å². The van der Waals surface area contributed by atoms with Gasteiger partial charge in [-0.1, -0.05) is 63.6 Å². The molecule has 0 N–H and O–H groups in total. The van der Waals surface area contributed by atoms with Crippen LogP contribution in [0.15, 0.2) is 30.0 Å². The average Bonchev–Trinajstić information content (AvgIpc) is 2.90. The minimum absolute atomic E-state index is 0.729. The lowest BCUT2D eigenvalue weighted by atomic mass is 9.83. The summed E-state index contributed by atoms with van der Waals surface area (Å²) in [4.78, 5) is 0. The predicted octanol–water partition coefficient (Wildman–Crippen LogP) is 6.20. The second-order valence-electron chi connectivity index (χ2n) is 6.64. The van der Waals surface area contributed by atoms with Gasteiger partial charge in [-0.25, -0.2) is 0 Å². The lowest BCUT2D eigenvalue weighted by Gasteiger charge is -2.23. The first-order valence-corrected chi connectivity index (χ1v) is 8.94. The topological polar surface area (TPSA) is 14.1 Å². The summed E-state index contributed by atoms with van der Waals surface area (Å²) in [6.07, 6.45) is 13.7. The molecule has 1 atom stereocenters. The quantitative estimate of drug-likeness (QED) is 0.529. The van der Waals surface area contributed by atoms with Crippen LogP contribution in [0.5, 0.6) is 0 Å². The van der Waals surface area contributed by atoms with E-state index in [-0.39, 0.29) is 0 Å². The number of benzene rings is 1. The van der Waals surface area contributed by atoms with Crippen LogP contribution in [0.4, 0.5) is 5.69 Å². The van der Waals surface area contributed by atoms with Crippen LogP contribution in [0.2, 0.25) is 0 Å². The Labute approximate surface area is 129 Å². The van der Waals surface area contributed by atoms with Crippen LogP contribution < -0.4 is 5.32 Å². The highest BCUT2D eigenvalue weighted by Crippen LogP contribution is 2.45. The molecule has 0 fully saturated rings. The van der Waals surface area contributed by atoms with Crippen molar-refractivity contribution >= 4 is 11.3 Å². The van der Waals surface area contributed by atoms with E-state index in [1.165, 1.54) is 81.2 Å². The molecule has 0 bridgehead atoms. The maximum absolute atomic E-state index is 4.96. The molecule has 1 heterocycles. The normalized spacial score (nSPS) is 20.1. The Hall–Kier alpha value is -1.24. The number of allylic oxidation sites excluding steroid dienone is 2. The van der Waals surface area contributed by atoms with Crippen LogP contribution in [0.25, 0.3) is 5.57 Å². The molecule has 1 unspecified atom stereocenters. The van der Waals surface area contributed by atoms with E-state index in [1.54, 1.807) is 5.57 Å². The van der Waals surface area contributed by atoms with Crippen molar-refractivity contribution in [3.05, 3.63) is 35.5 Å². The van der Waals surface area contributed by atoms with Crippen LogP contribution in [0.1, 0.15) is 76.7 Å². The smallest absolute Gasteiger partial charge is 0.0708 e. The molecule has 1 nitrogen and oxygen atoms in total. The van der Waals surface area contributed by atoms with Crippen LogP contribution in [-0.2, 0) is 0 Å². The summed E-state index contributed by atoms with van der Waals surface area (Å²) in [7, 11) is 0. The Morgan fingerprint density at radius 1 is 1.05 bits per heavy atom. The molecule has 0 spiro atoms. The molecule has 3 rings (SSSR count). The largest absolute Gasteiger partial charge is 0.252 e. The molecule has 1 radical (unpaired) electrons. The van der Waals surface area contributed by atoms with Gasteiger partial charge in [-0.3, -0.25) is 5.32 Å². The number of nitrogens with zero attached hydrogens (tertiary/aromatic N) is 1. The van der Waals surface area contributed by atoms with E-state index in [4.69, 9.17) is 5.32 Å². The van der Waals surface area contributed by atoms with Gasteiger partial charge in [-0.05, 0) is 37.3 Å². The van der Waals surface area contributed by atoms with E-state index in [0.717, 1.165) is 5.92 Å². The van der Waals surface area contributed by atoms with E-state index < -0.39 is 0 Å². The molecule has 0 saturated heterocycles. The van der Waals surface area contributed by atoms with Gasteiger partial charge in [0.1, 0.15) is 0 Å². The molecule has 1 aliphatic heterocycles. The van der Waals surface area contributed by atoms with Gasteiger partial charge < -0.3 is 0 Å². The first-order valence-electron chi connectivity index (χ1n) is 8.94. The minimum atomic E-state index is 0.729. The van der Waals surface area contributed by atoms with Crippen molar-refractivity contribution in [1.29, 1.82) is 0 Å². The van der Waals surface area contributed by atoms with Crippen molar-refractivity contribution in [3.63, 3.8) is 0 Å². The van der Waals surface area contributed by atoms with Crippen molar-refractivity contribution in [2.45, 2.75) is 71.1 Å². The van der Waals surface area contributed by atoms with Crippen LogP contribution in [-0.4, -0.2) is 0 Å². The second-order valence-corrected chi connectivity index (χ2v) is 6.64. The van der Waals surface area contributed by atoms with Crippen LogP contribution in [0.3, 0.4) is 0 Å². The maximum Gasteiger partial charge on any atom is 0.0708 e. The molecule has 1 aromatic carbocycles. The molecule has 0 saturated carbocycles. The lowest BCUT2D eigenvalue weighted by Crippen LogP contribution is -2.13. The third-order valence-corrected chi connectivity index (χ3v) is 5.05. The van der Waals surface area contributed by atoms with Gasteiger partial charge in [0.2, 0.25) is 0 Å². The van der Waals surface area contributed by atoms with Gasteiger partial charge in [-0.2, -0.15) is 0 Å². The first kappa shape index (κ1) is 14.7. The monoisotopic (exact) mass is 282 g/mol. The number of hydrogen-bond donors (Lipinski definition) is 0. The van der Waals surface area contributed by atoms with E-state index >= 15 is 0 Å². The second kappa shape index (κ2) is 7.15. The molecular weight excluding hydrogens is 254 g/mol. The Balaban J connectivity index is 1.55. The average molecular weight is 282 g/mol. The summed E-state index contributed by atoms with van der Waals surface area (Å²) in [6, 6.07) is 8.70. The molecule has 113 valence electrons. The SMILES string of the molecule is CCCCCCCCC1CCCC2=C1[N]c1ccccc12. The zero-order valence-electron chi connectivity index (χ0n) is 13.4. The van der Waals surface area contributed by atoms with Crippen molar-refractivity contribution < 1.29 is 0 Å². The Morgan fingerprint density at radius 2 is 1.86 bits per heavy atom. The van der Waals surface area contributed by atoms with Gasteiger partial charge in [-0.15, -0.1) is 0 Å². The van der Waals surface area contributed by atoms with Gasteiger partial charge in [0.15, 0.2) is 0 Å². The Bertz CT molecular complexity index is 500. The van der Waals surface area contributed by atoms with Gasteiger partial charge in [0.25, 0.3) is 0 Å². The number of rotatable bonds is 7. The highest BCUT2D eigenvalue weighted by atomic mass is 14.9. The molecular formula is C20H28N. The van der Waals surface area contributed by atoms with Gasteiger partial charge in [0.05, 0.1) is 5.69 Å². The van der Waals surface area contributed by atoms with Crippen LogP contribution in [0, 0.1) is 5.92 Å². The third kappa shape index (κ3) is 3.33. The zero-order valence-corrected chi connectivity index (χ0v) is 13.4. The fourth-order valence-electron chi connectivity index (χ4n) is 3.88. The molecule has 1 aromatic rings. The summed E-state index contributed by atoms with van der Waals surface area (Å²) in [6.45, 7) is 2.29. The fraction of sp³-hybridized carbons (Fsp3) is 0.600. The van der Waals surface area contributed by atoms with E-state index in [0.29, 0.717) is 0 Å². The van der Waals surface area contributed by atoms with Gasteiger partial charge in [0, 0.05) is 17.2 Å². The molecule has 2 aliphatic rings. The number of para-hydroxylation sites is 1. The van der Waals surface area contributed by atoms with Crippen molar-refractivity contribution in [2.24, 2.45) is 5.92 Å². The summed E-state index contributed by atoms with van der Waals surface area (Å²) < 4.78 is 0. The maximum atomic E-state index is 4.96. The first-order chi connectivity index (χ1) is 10.4. The molecule has 1 heteroatoms. The zero-order chi connectivity index (χ0) is 14.5. The van der Waals surface area contributed by atoms with Crippen LogP contribution >= 0.6 is 0 Å². The highest BCUT2D eigenvalue weighted by molar-refractivity contribution is 5.82. The Kier molecular flexibility index (Phi) is 5.00.